The summed E-state index contributed by atoms with van der Waals surface area (Å²) in [5, 5.41) is 3.20. The second-order valence-corrected chi connectivity index (χ2v) is 7.94. The summed E-state index contributed by atoms with van der Waals surface area (Å²) in [5.74, 6) is -0.181. The fraction of sp³-hybridized carbons (Fsp3) is 0.261. The molecule has 9 heteroatoms. The van der Waals surface area contributed by atoms with Gasteiger partial charge in [-0.1, -0.05) is 12.1 Å². The zero-order valence-corrected chi connectivity index (χ0v) is 18.5. The lowest BCUT2D eigenvalue weighted by molar-refractivity contribution is -0.124. The minimum absolute atomic E-state index is 0.131. The van der Waals surface area contributed by atoms with Gasteiger partial charge in [0.1, 0.15) is 40.4 Å². The highest BCUT2D eigenvalue weighted by Gasteiger charge is 2.18. The number of nitrogens with one attached hydrogen (secondary N) is 1. The number of aryl methyl sites for hydroxylation is 2. The van der Waals surface area contributed by atoms with Crippen LogP contribution in [0, 0.1) is 19.7 Å². The second-order valence-electron chi connectivity index (χ2n) is 6.86. The zero-order valence-electron chi connectivity index (χ0n) is 17.7. The number of halogens is 1. The van der Waals surface area contributed by atoms with Gasteiger partial charge in [-0.15, -0.1) is 11.3 Å². The molecule has 0 radical (unpaired) electrons. The van der Waals surface area contributed by atoms with Crippen LogP contribution >= 0.6 is 11.3 Å². The number of rotatable bonds is 10. The predicted molar refractivity (Wildman–Crippen MR) is 118 cm³/mol. The molecule has 0 aliphatic rings. The average molecular weight is 459 g/mol. The number of benzene rings is 2. The minimum atomic E-state index is -0.626. The van der Waals surface area contributed by atoms with E-state index in [1.165, 1.54) is 24.3 Å². The molecule has 0 aliphatic heterocycles. The maximum Gasteiger partial charge on any atom is 0.350 e. The lowest BCUT2D eigenvalue weighted by atomic mass is 10.2. The molecule has 7 nitrogen and oxygen atoms in total. The van der Waals surface area contributed by atoms with Crippen molar-refractivity contribution in [2.75, 3.05) is 19.8 Å². The first-order chi connectivity index (χ1) is 15.4. The summed E-state index contributed by atoms with van der Waals surface area (Å²) >= 11 is 1.13. The molecule has 0 atom stereocenters. The van der Waals surface area contributed by atoms with Gasteiger partial charge in [-0.25, -0.2) is 14.2 Å². The van der Waals surface area contributed by atoms with E-state index in [0.29, 0.717) is 27.9 Å². The fourth-order valence-electron chi connectivity index (χ4n) is 2.69. The van der Waals surface area contributed by atoms with Gasteiger partial charge in [0, 0.05) is 0 Å². The molecule has 2 aromatic carbocycles. The number of aromatic nitrogens is 1. The summed E-state index contributed by atoms with van der Waals surface area (Å²) in [6.07, 6.45) is 0. The zero-order chi connectivity index (χ0) is 22.9. The highest BCUT2D eigenvalue weighted by molar-refractivity contribution is 7.13. The summed E-state index contributed by atoms with van der Waals surface area (Å²) in [6, 6.07) is 13.2. The maximum absolute atomic E-state index is 12.9. The number of nitrogens with zero attached hydrogens (tertiary/aromatic N) is 1. The average Bonchev–Trinajstić information content (AvgIpc) is 3.15. The van der Waals surface area contributed by atoms with Crippen molar-refractivity contribution in [3.05, 3.63) is 75.5 Å². The Bertz CT molecular complexity index is 1070. The highest BCUT2D eigenvalue weighted by Crippen LogP contribution is 2.21. The van der Waals surface area contributed by atoms with Crippen molar-refractivity contribution >= 4 is 23.2 Å². The molecule has 1 amide bonds. The Hall–Kier alpha value is -3.46. The van der Waals surface area contributed by atoms with Crippen LogP contribution < -0.4 is 14.8 Å². The molecular formula is C23H23FN2O5S. The Kier molecular flexibility index (Phi) is 8.15. The number of amides is 1. The first-order valence-corrected chi connectivity index (χ1v) is 10.7. The van der Waals surface area contributed by atoms with Crippen LogP contribution in [0.25, 0.3) is 0 Å². The standard InChI is InChI=1S/C23H23FN2O5S/c1-15-4-3-5-19(12-15)29-11-10-25-20(27)13-31-23(28)22-16(2)26-21(32-22)14-30-18-8-6-17(24)7-9-18/h3-9,12H,10-11,13-14H2,1-2H3,(H,25,27). The summed E-state index contributed by atoms with van der Waals surface area (Å²) in [7, 11) is 0. The summed E-state index contributed by atoms with van der Waals surface area (Å²) in [6.45, 7) is 3.96. The Morgan fingerprint density at radius 1 is 1.06 bits per heavy atom. The molecular weight excluding hydrogens is 435 g/mol. The van der Waals surface area contributed by atoms with E-state index in [9.17, 15) is 14.0 Å². The third kappa shape index (κ3) is 7.05. The van der Waals surface area contributed by atoms with Gasteiger partial charge in [0.15, 0.2) is 6.61 Å². The van der Waals surface area contributed by atoms with Gasteiger partial charge >= 0.3 is 5.97 Å². The van der Waals surface area contributed by atoms with Crippen LogP contribution in [0.2, 0.25) is 0 Å². The van der Waals surface area contributed by atoms with E-state index in [-0.39, 0.29) is 19.0 Å². The van der Waals surface area contributed by atoms with E-state index >= 15 is 0 Å². The number of carbonyl (C=O) groups is 2. The Morgan fingerprint density at radius 3 is 2.59 bits per heavy atom. The molecule has 0 saturated heterocycles. The highest BCUT2D eigenvalue weighted by atomic mass is 32.1. The first-order valence-electron chi connectivity index (χ1n) is 9.88. The topological polar surface area (TPSA) is 86.8 Å². The van der Waals surface area contributed by atoms with E-state index in [4.69, 9.17) is 14.2 Å². The van der Waals surface area contributed by atoms with Crippen molar-refractivity contribution in [2.45, 2.75) is 20.5 Å². The summed E-state index contributed by atoms with van der Waals surface area (Å²) < 4.78 is 29.1. The molecule has 0 unspecified atom stereocenters. The molecule has 0 aliphatic carbocycles. The fourth-order valence-corrected chi connectivity index (χ4v) is 3.56. The van der Waals surface area contributed by atoms with Crippen LogP contribution in [0.4, 0.5) is 4.39 Å². The van der Waals surface area contributed by atoms with Crippen LogP contribution in [-0.4, -0.2) is 36.6 Å². The van der Waals surface area contributed by atoms with Crippen molar-refractivity contribution < 1.29 is 28.2 Å². The third-order valence-electron chi connectivity index (χ3n) is 4.22. The number of hydrogen-bond donors (Lipinski definition) is 1. The normalized spacial score (nSPS) is 10.5. The van der Waals surface area contributed by atoms with Gasteiger partial charge in [-0.2, -0.15) is 0 Å². The van der Waals surface area contributed by atoms with E-state index in [2.05, 4.69) is 10.3 Å². The van der Waals surface area contributed by atoms with Crippen molar-refractivity contribution in [1.82, 2.24) is 10.3 Å². The van der Waals surface area contributed by atoms with Crippen molar-refractivity contribution in [3.63, 3.8) is 0 Å². The van der Waals surface area contributed by atoms with Gasteiger partial charge in [0.25, 0.3) is 5.91 Å². The SMILES string of the molecule is Cc1cccc(OCCNC(=O)COC(=O)c2sc(COc3ccc(F)cc3)nc2C)c1. The van der Waals surface area contributed by atoms with E-state index in [1.54, 1.807) is 6.92 Å². The molecule has 1 heterocycles. The van der Waals surface area contributed by atoms with Crippen molar-refractivity contribution in [1.29, 1.82) is 0 Å². The molecule has 3 aromatic rings. The smallest absolute Gasteiger partial charge is 0.350 e. The lowest BCUT2D eigenvalue weighted by Crippen LogP contribution is -2.32. The van der Waals surface area contributed by atoms with Gasteiger partial charge < -0.3 is 19.5 Å². The summed E-state index contributed by atoms with van der Waals surface area (Å²) in [5.41, 5.74) is 1.58. The van der Waals surface area contributed by atoms with Gasteiger partial charge in [-0.3, -0.25) is 4.79 Å². The van der Waals surface area contributed by atoms with Crippen LogP contribution in [0.3, 0.4) is 0 Å². The molecule has 0 fully saturated rings. The second kappa shape index (κ2) is 11.2. The quantitative estimate of drug-likeness (QED) is 0.367. The Morgan fingerprint density at radius 2 is 1.84 bits per heavy atom. The predicted octanol–water partition coefficient (Wildman–Crippen LogP) is 3.83. The van der Waals surface area contributed by atoms with Gasteiger partial charge in [0.2, 0.25) is 0 Å². The molecule has 3 rings (SSSR count). The molecule has 0 saturated carbocycles. The largest absolute Gasteiger partial charge is 0.492 e. The van der Waals surface area contributed by atoms with Crippen LogP contribution in [-0.2, 0) is 16.1 Å². The van der Waals surface area contributed by atoms with Crippen molar-refractivity contribution in [2.24, 2.45) is 0 Å². The number of esters is 1. The monoisotopic (exact) mass is 458 g/mol. The van der Waals surface area contributed by atoms with E-state index in [1.807, 2.05) is 31.2 Å². The lowest BCUT2D eigenvalue weighted by Gasteiger charge is -2.08. The maximum atomic E-state index is 12.9. The van der Waals surface area contributed by atoms with Crippen LogP contribution in [0.1, 0.15) is 25.9 Å². The number of ether oxygens (including phenoxy) is 3. The Balaban J connectivity index is 1.39. The third-order valence-corrected chi connectivity index (χ3v) is 5.33. The van der Waals surface area contributed by atoms with Crippen molar-refractivity contribution in [3.8, 4) is 11.5 Å². The Labute approximate surface area is 189 Å². The van der Waals surface area contributed by atoms with Gasteiger partial charge in [-0.05, 0) is 55.8 Å². The molecule has 0 spiro atoms. The first kappa shape index (κ1) is 23.2. The van der Waals surface area contributed by atoms with E-state index < -0.39 is 18.5 Å². The van der Waals surface area contributed by atoms with Crippen LogP contribution in [0.5, 0.6) is 11.5 Å². The molecule has 0 bridgehead atoms. The summed E-state index contributed by atoms with van der Waals surface area (Å²) in [4.78, 5) is 28.8. The van der Waals surface area contributed by atoms with Crippen LogP contribution in [0.15, 0.2) is 48.5 Å². The van der Waals surface area contributed by atoms with E-state index in [0.717, 1.165) is 22.6 Å². The molecule has 1 N–H and O–H groups in total. The van der Waals surface area contributed by atoms with Gasteiger partial charge in [0.05, 0.1) is 12.2 Å². The molecule has 32 heavy (non-hydrogen) atoms. The minimum Gasteiger partial charge on any atom is -0.492 e. The number of thiazole rings is 1. The molecule has 1 aromatic heterocycles. The number of carbonyl (C=O) groups excluding carboxylic acids is 2. The number of hydrogen-bond acceptors (Lipinski definition) is 7. The molecule has 168 valence electrons.